The topological polar surface area (TPSA) is 42.7 Å². The first kappa shape index (κ1) is 12.3. The number of rotatable bonds is 4. The molecular formula is C12H18N4S. The number of aryl methyl sites for hydroxylation is 3. The second kappa shape index (κ2) is 4.98. The van der Waals surface area contributed by atoms with Gasteiger partial charge in [0.05, 0.1) is 22.9 Å². The fraction of sp³-hybridized carbons (Fsp3) is 0.500. The number of nitrogens with zero attached hydrogens (tertiary/aromatic N) is 3. The normalized spacial score (nSPS) is 12.9. The van der Waals surface area contributed by atoms with E-state index in [1.807, 2.05) is 24.9 Å². The summed E-state index contributed by atoms with van der Waals surface area (Å²) in [6.45, 7) is 7.16. The summed E-state index contributed by atoms with van der Waals surface area (Å²) in [6, 6.07) is 0.208. The van der Waals surface area contributed by atoms with Gasteiger partial charge in [0.25, 0.3) is 0 Å². The van der Waals surface area contributed by atoms with Gasteiger partial charge in [0.1, 0.15) is 0 Å². The van der Waals surface area contributed by atoms with Crippen LogP contribution in [0.25, 0.3) is 0 Å². The highest BCUT2D eigenvalue weighted by Crippen LogP contribution is 2.29. The lowest BCUT2D eigenvalue weighted by Crippen LogP contribution is -2.21. The molecule has 0 spiro atoms. The molecule has 0 aliphatic heterocycles. The summed E-state index contributed by atoms with van der Waals surface area (Å²) in [7, 11) is 1.94. The van der Waals surface area contributed by atoms with Gasteiger partial charge in [-0.25, -0.2) is 4.98 Å². The molecule has 5 heteroatoms. The fourth-order valence-electron chi connectivity index (χ4n) is 1.97. The van der Waals surface area contributed by atoms with E-state index < -0.39 is 0 Å². The van der Waals surface area contributed by atoms with Crippen LogP contribution in [0.2, 0.25) is 0 Å². The van der Waals surface area contributed by atoms with Gasteiger partial charge < -0.3 is 5.32 Å². The summed E-state index contributed by atoms with van der Waals surface area (Å²) < 4.78 is 1.84. The molecule has 0 saturated carbocycles. The van der Waals surface area contributed by atoms with Crippen LogP contribution in [0.5, 0.6) is 0 Å². The Bertz CT molecular complexity index is 500. The van der Waals surface area contributed by atoms with Crippen molar-refractivity contribution in [2.24, 2.45) is 7.05 Å². The second-order valence-electron chi connectivity index (χ2n) is 4.12. The fourth-order valence-corrected chi connectivity index (χ4v) is 3.00. The van der Waals surface area contributed by atoms with Crippen molar-refractivity contribution in [1.82, 2.24) is 20.1 Å². The summed E-state index contributed by atoms with van der Waals surface area (Å²) in [6.07, 6.45) is 3.98. The molecule has 1 atom stereocenters. The third-order valence-electron chi connectivity index (χ3n) is 2.67. The zero-order valence-electron chi connectivity index (χ0n) is 10.7. The molecule has 2 aromatic rings. The number of aromatic nitrogens is 3. The summed E-state index contributed by atoms with van der Waals surface area (Å²) in [5.74, 6) is 0. The van der Waals surface area contributed by atoms with Gasteiger partial charge in [-0.3, -0.25) is 4.68 Å². The van der Waals surface area contributed by atoms with Gasteiger partial charge in [-0.15, -0.1) is 11.3 Å². The summed E-state index contributed by atoms with van der Waals surface area (Å²) in [4.78, 5) is 5.79. The van der Waals surface area contributed by atoms with Crippen molar-refractivity contribution in [3.63, 3.8) is 0 Å². The van der Waals surface area contributed by atoms with Crippen molar-refractivity contribution >= 4 is 11.3 Å². The summed E-state index contributed by atoms with van der Waals surface area (Å²) in [5.41, 5.74) is 2.31. The molecule has 1 N–H and O–H groups in total. The molecule has 2 rings (SSSR count). The average Bonchev–Trinajstić information content (AvgIpc) is 2.82. The van der Waals surface area contributed by atoms with E-state index in [0.29, 0.717) is 0 Å². The lowest BCUT2D eigenvalue weighted by molar-refractivity contribution is 0.634. The Morgan fingerprint density at radius 3 is 2.71 bits per heavy atom. The maximum atomic E-state index is 4.50. The van der Waals surface area contributed by atoms with Gasteiger partial charge in [-0.05, 0) is 20.4 Å². The van der Waals surface area contributed by atoms with E-state index in [2.05, 4.69) is 35.4 Å². The minimum absolute atomic E-state index is 0.208. The van der Waals surface area contributed by atoms with Crippen LogP contribution >= 0.6 is 11.3 Å². The number of hydrogen-bond donors (Lipinski definition) is 1. The van der Waals surface area contributed by atoms with E-state index >= 15 is 0 Å². The second-order valence-corrected chi connectivity index (χ2v) is 5.36. The molecular weight excluding hydrogens is 232 g/mol. The number of nitrogens with one attached hydrogen (secondary N) is 1. The molecule has 0 aromatic carbocycles. The third-order valence-corrected chi connectivity index (χ3v) is 3.81. The highest BCUT2D eigenvalue weighted by Gasteiger charge is 2.19. The summed E-state index contributed by atoms with van der Waals surface area (Å²) >= 11 is 1.76. The van der Waals surface area contributed by atoms with Crippen molar-refractivity contribution in [3.8, 4) is 0 Å². The molecule has 17 heavy (non-hydrogen) atoms. The quantitative estimate of drug-likeness (QED) is 0.904. The molecule has 4 nitrogen and oxygen atoms in total. The van der Waals surface area contributed by atoms with Gasteiger partial charge in [-0.2, -0.15) is 5.10 Å². The van der Waals surface area contributed by atoms with Crippen molar-refractivity contribution in [3.05, 3.63) is 33.5 Å². The van der Waals surface area contributed by atoms with Gasteiger partial charge >= 0.3 is 0 Å². The number of thiazole rings is 1. The minimum atomic E-state index is 0.208. The molecule has 0 bridgehead atoms. The summed E-state index contributed by atoms with van der Waals surface area (Å²) in [5, 5.41) is 8.86. The van der Waals surface area contributed by atoms with E-state index in [1.54, 1.807) is 11.3 Å². The molecule has 0 saturated heterocycles. The highest BCUT2D eigenvalue weighted by molar-refractivity contribution is 7.11. The minimum Gasteiger partial charge on any atom is -0.306 e. The molecule has 2 aromatic heterocycles. The maximum Gasteiger partial charge on any atom is 0.0900 e. The van der Waals surface area contributed by atoms with Crippen LogP contribution in [-0.4, -0.2) is 21.3 Å². The largest absolute Gasteiger partial charge is 0.306 e. The lowest BCUT2D eigenvalue weighted by Gasteiger charge is -2.15. The Balaban J connectivity index is 2.38. The first-order chi connectivity index (χ1) is 8.11. The standard InChI is InChI=1S/C12H18N4S/c1-5-13-11(10-6-14-16(4)7-10)12-8(2)15-9(3)17-12/h6-7,11,13H,5H2,1-4H3. The van der Waals surface area contributed by atoms with Crippen LogP contribution in [0.4, 0.5) is 0 Å². The Hall–Kier alpha value is -1.20. The van der Waals surface area contributed by atoms with Crippen molar-refractivity contribution in [2.75, 3.05) is 6.54 Å². The van der Waals surface area contributed by atoms with Crippen molar-refractivity contribution in [2.45, 2.75) is 26.8 Å². The number of hydrogen-bond acceptors (Lipinski definition) is 4. The average molecular weight is 250 g/mol. The third kappa shape index (κ3) is 2.56. The zero-order valence-corrected chi connectivity index (χ0v) is 11.5. The van der Waals surface area contributed by atoms with Crippen molar-refractivity contribution < 1.29 is 0 Å². The van der Waals surface area contributed by atoms with Crippen LogP contribution in [0, 0.1) is 13.8 Å². The highest BCUT2D eigenvalue weighted by atomic mass is 32.1. The van der Waals surface area contributed by atoms with Crippen LogP contribution in [0.3, 0.4) is 0 Å². The molecule has 2 heterocycles. The first-order valence-electron chi connectivity index (χ1n) is 5.77. The lowest BCUT2D eigenvalue weighted by atomic mass is 10.1. The molecule has 0 aliphatic rings. The van der Waals surface area contributed by atoms with Gasteiger partial charge in [0.15, 0.2) is 0 Å². The molecule has 92 valence electrons. The molecule has 0 amide bonds. The Kier molecular flexibility index (Phi) is 3.59. The van der Waals surface area contributed by atoms with E-state index in [0.717, 1.165) is 17.2 Å². The SMILES string of the molecule is CCNC(c1cnn(C)c1)c1sc(C)nc1C. The first-order valence-corrected chi connectivity index (χ1v) is 6.59. The van der Waals surface area contributed by atoms with Crippen LogP contribution in [-0.2, 0) is 7.05 Å². The molecule has 0 fully saturated rings. The monoisotopic (exact) mass is 250 g/mol. The Labute approximate surface area is 106 Å². The van der Waals surface area contributed by atoms with Crippen LogP contribution in [0.15, 0.2) is 12.4 Å². The van der Waals surface area contributed by atoms with E-state index in [-0.39, 0.29) is 6.04 Å². The predicted octanol–water partition coefficient (Wildman–Crippen LogP) is 2.19. The van der Waals surface area contributed by atoms with E-state index in [9.17, 15) is 0 Å². The van der Waals surface area contributed by atoms with Crippen molar-refractivity contribution in [1.29, 1.82) is 0 Å². The van der Waals surface area contributed by atoms with Gasteiger partial charge in [-0.1, -0.05) is 6.92 Å². The van der Waals surface area contributed by atoms with Crippen LogP contribution < -0.4 is 5.32 Å². The van der Waals surface area contributed by atoms with E-state index in [4.69, 9.17) is 0 Å². The zero-order chi connectivity index (χ0) is 12.4. The maximum absolute atomic E-state index is 4.50. The van der Waals surface area contributed by atoms with Crippen LogP contribution in [0.1, 0.15) is 34.1 Å². The Morgan fingerprint density at radius 2 is 2.24 bits per heavy atom. The molecule has 0 aliphatic carbocycles. The van der Waals surface area contributed by atoms with Gasteiger partial charge in [0, 0.05) is 23.7 Å². The van der Waals surface area contributed by atoms with E-state index in [1.165, 1.54) is 10.4 Å². The predicted molar refractivity (Wildman–Crippen MR) is 70.3 cm³/mol. The Morgan fingerprint density at radius 1 is 1.47 bits per heavy atom. The molecule has 0 radical (unpaired) electrons. The molecule has 1 unspecified atom stereocenters. The smallest absolute Gasteiger partial charge is 0.0900 e. The van der Waals surface area contributed by atoms with Gasteiger partial charge in [0.2, 0.25) is 0 Å².